The number of benzene rings is 1. The molecule has 5 nitrogen and oxygen atoms in total. The molecule has 0 spiro atoms. The lowest BCUT2D eigenvalue weighted by molar-refractivity contribution is 0.318. The molecular weight excluding hydrogens is 290 g/mol. The highest BCUT2D eigenvalue weighted by atomic mass is 16.5. The number of hydrogen-bond donors (Lipinski definition) is 3. The number of rotatable bonds is 6. The van der Waals surface area contributed by atoms with Crippen molar-refractivity contribution in [1.29, 1.82) is 0 Å². The largest absolute Gasteiger partial charge is 0.504 e. The molecule has 1 fully saturated rings. The molecule has 23 heavy (non-hydrogen) atoms. The SMILES string of the molecule is CCNC(=NCc1ccc(O)c(OCC)c1)NC1CCCCC1. The fraction of sp³-hybridized carbons (Fsp3) is 0.611. The maximum Gasteiger partial charge on any atom is 0.191 e. The number of phenolic OH excluding ortho intramolecular Hbond substituents is 1. The summed E-state index contributed by atoms with van der Waals surface area (Å²) >= 11 is 0. The molecule has 1 saturated carbocycles. The first kappa shape index (κ1) is 17.4. The second kappa shape index (κ2) is 9.28. The molecule has 2 rings (SSSR count). The van der Waals surface area contributed by atoms with E-state index in [-0.39, 0.29) is 5.75 Å². The van der Waals surface area contributed by atoms with E-state index >= 15 is 0 Å². The summed E-state index contributed by atoms with van der Waals surface area (Å²) in [6, 6.07) is 5.93. The summed E-state index contributed by atoms with van der Waals surface area (Å²) in [5.74, 6) is 1.56. The fourth-order valence-electron chi connectivity index (χ4n) is 2.86. The van der Waals surface area contributed by atoms with Gasteiger partial charge in [-0.3, -0.25) is 0 Å². The Kier molecular flexibility index (Phi) is 7.04. The zero-order chi connectivity index (χ0) is 16.5. The van der Waals surface area contributed by atoms with Gasteiger partial charge in [-0.25, -0.2) is 4.99 Å². The summed E-state index contributed by atoms with van der Waals surface area (Å²) < 4.78 is 5.42. The van der Waals surface area contributed by atoms with Crippen LogP contribution in [0.25, 0.3) is 0 Å². The van der Waals surface area contributed by atoms with E-state index in [0.717, 1.165) is 18.1 Å². The summed E-state index contributed by atoms with van der Waals surface area (Å²) in [5.41, 5.74) is 1.02. The molecule has 0 amide bonds. The van der Waals surface area contributed by atoms with Gasteiger partial charge in [0.25, 0.3) is 0 Å². The van der Waals surface area contributed by atoms with Crippen molar-refractivity contribution < 1.29 is 9.84 Å². The van der Waals surface area contributed by atoms with Crippen LogP contribution in [0, 0.1) is 0 Å². The van der Waals surface area contributed by atoms with Gasteiger partial charge in [-0.1, -0.05) is 25.3 Å². The molecule has 0 aliphatic heterocycles. The Morgan fingerprint density at radius 3 is 2.74 bits per heavy atom. The van der Waals surface area contributed by atoms with Crippen LogP contribution in [0.2, 0.25) is 0 Å². The molecule has 0 aromatic heterocycles. The van der Waals surface area contributed by atoms with Crippen LogP contribution in [0.3, 0.4) is 0 Å². The van der Waals surface area contributed by atoms with Gasteiger partial charge in [0.05, 0.1) is 13.2 Å². The Hall–Kier alpha value is -1.91. The number of nitrogens with one attached hydrogen (secondary N) is 2. The number of aromatic hydroxyl groups is 1. The summed E-state index contributed by atoms with van der Waals surface area (Å²) in [6.45, 7) is 5.92. The molecule has 1 aromatic carbocycles. The molecule has 0 heterocycles. The second-order valence-corrected chi connectivity index (χ2v) is 5.91. The molecule has 0 unspecified atom stereocenters. The molecular formula is C18H29N3O2. The Bertz CT molecular complexity index is 511. The predicted octanol–water partition coefficient (Wildman–Crippen LogP) is 3.18. The van der Waals surface area contributed by atoms with Gasteiger partial charge in [-0.2, -0.15) is 0 Å². The number of aliphatic imine (C=N–C) groups is 1. The van der Waals surface area contributed by atoms with E-state index in [1.54, 1.807) is 6.07 Å². The molecule has 0 saturated heterocycles. The average Bonchev–Trinajstić information content (AvgIpc) is 2.57. The zero-order valence-corrected chi connectivity index (χ0v) is 14.3. The molecule has 128 valence electrons. The number of ether oxygens (including phenoxy) is 1. The van der Waals surface area contributed by atoms with Crippen LogP contribution in [-0.2, 0) is 6.54 Å². The van der Waals surface area contributed by atoms with E-state index in [1.807, 2.05) is 19.1 Å². The lowest BCUT2D eigenvalue weighted by Gasteiger charge is -2.24. The van der Waals surface area contributed by atoms with Crippen LogP contribution >= 0.6 is 0 Å². The quantitative estimate of drug-likeness (QED) is 0.556. The maximum atomic E-state index is 9.76. The second-order valence-electron chi connectivity index (χ2n) is 5.91. The summed E-state index contributed by atoms with van der Waals surface area (Å²) in [7, 11) is 0. The monoisotopic (exact) mass is 319 g/mol. The summed E-state index contributed by atoms with van der Waals surface area (Å²) in [5, 5.41) is 16.6. The number of hydrogen-bond acceptors (Lipinski definition) is 3. The number of phenols is 1. The van der Waals surface area contributed by atoms with E-state index in [9.17, 15) is 5.11 Å². The first-order chi connectivity index (χ1) is 11.2. The van der Waals surface area contributed by atoms with Crippen LogP contribution in [0.1, 0.15) is 51.5 Å². The van der Waals surface area contributed by atoms with Crippen molar-refractivity contribution in [3.05, 3.63) is 23.8 Å². The number of guanidine groups is 1. The third kappa shape index (κ3) is 5.66. The summed E-state index contributed by atoms with van der Waals surface area (Å²) in [6.07, 6.45) is 6.38. The van der Waals surface area contributed by atoms with Crippen LogP contribution in [0.5, 0.6) is 11.5 Å². The van der Waals surface area contributed by atoms with Crippen molar-refractivity contribution >= 4 is 5.96 Å². The topological polar surface area (TPSA) is 65.9 Å². The highest BCUT2D eigenvalue weighted by molar-refractivity contribution is 5.80. The van der Waals surface area contributed by atoms with Crippen molar-refractivity contribution in [2.24, 2.45) is 4.99 Å². The standard InChI is InChI=1S/C18H29N3O2/c1-3-19-18(21-15-8-6-5-7-9-15)20-13-14-10-11-16(22)17(12-14)23-4-2/h10-12,15,22H,3-9,13H2,1-2H3,(H2,19,20,21). The molecule has 1 aliphatic rings. The predicted molar refractivity (Wildman–Crippen MR) is 94.1 cm³/mol. The van der Waals surface area contributed by atoms with E-state index in [2.05, 4.69) is 22.5 Å². The normalized spacial score (nSPS) is 16.2. The van der Waals surface area contributed by atoms with E-state index in [0.29, 0.717) is 24.9 Å². The van der Waals surface area contributed by atoms with Gasteiger partial charge in [0.1, 0.15) is 0 Å². The lowest BCUT2D eigenvalue weighted by Crippen LogP contribution is -2.44. The molecule has 3 N–H and O–H groups in total. The van der Waals surface area contributed by atoms with Crippen LogP contribution in [-0.4, -0.2) is 30.3 Å². The van der Waals surface area contributed by atoms with Gasteiger partial charge in [-0.15, -0.1) is 0 Å². The van der Waals surface area contributed by atoms with Crippen molar-refractivity contribution in [2.45, 2.75) is 58.5 Å². The van der Waals surface area contributed by atoms with Crippen LogP contribution in [0.15, 0.2) is 23.2 Å². The van der Waals surface area contributed by atoms with Gasteiger partial charge >= 0.3 is 0 Å². The Morgan fingerprint density at radius 1 is 1.26 bits per heavy atom. The van der Waals surface area contributed by atoms with Crippen molar-refractivity contribution in [3.63, 3.8) is 0 Å². The Labute approximate surface area is 139 Å². The van der Waals surface area contributed by atoms with Gasteiger partial charge < -0.3 is 20.5 Å². The third-order valence-corrected chi connectivity index (χ3v) is 4.03. The van der Waals surface area contributed by atoms with E-state index < -0.39 is 0 Å². The van der Waals surface area contributed by atoms with Crippen molar-refractivity contribution in [2.75, 3.05) is 13.2 Å². The minimum Gasteiger partial charge on any atom is -0.504 e. The smallest absolute Gasteiger partial charge is 0.191 e. The fourth-order valence-corrected chi connectivity index (χ4v) is 2.86. The number of nitrogens with zero attached hydrogens (tertiary/aromatic N) is 1. The molecule has 1 aliphatic carbocycles. The zero-order valence-electron chi connectivity index (χ0n) is 14.3. The molecule has 5 heteroatoms. The minimum atomic E-state index is 0.173. The molecule has 0 radical (unpaired) electrons. The van der Waals surface area contributed by atoms with Gasteiger partial charge in [0.2, 0.25) is 0 Å². The first-order valence-electron chi connectivity index (χ1n) is 8.72. The Balaban J connectivity index is 2.00. The summed E-state index contributed by atoms with van der Waals surface area (Å²) in [4.78, 5) is 4.67. The van der Waals surface area contributed by atoms with Gasteiger partial charge in [0, 0.05) is 12.6 Å². The first-order valence-corrected chi connectivity index (χ1v) is 8.72. The van der Waals surface area contributed by atoms with Crippen molar-refractivity contribution in [1.82, 2.24) is 10.6 Å². The lowest BCUT2D eigenvalue weighted by atomic mass is 9.96. The minimum absolute atomic E-state index is 0.173. The van der Waals surface area contributed by atoms with Crippen LogP contribution in [0.4, 0.5) is 0 Å². The molecule has 1 aromatic rings. The van der Waals surface area contributed by atoms with Crippen LogP contribution < -0.4 is 15.4 Å². The highest BCUT2D eigenvalue weighted by Crippen LogP contribution is 2.27. The van der Waals surface area contributed by atoms with Gasteiger partial charge in [0.15, 0.2) is 17.5 Å². The molecule has 0 bridgehead atoms. The van der Waals surface area contributed by atoms with Gasteiger partial charge in [-0.05, 0) is 44.4 Å². The van der Waals surface area contributed by atoms with E-state index in [4.69, 9.17) is 4.74 Å². The maximum absolute atomic E-state index is 9.76. The van der Waals surface area contributed by atoms with Crippen molar-refractivity contribution in [3.8, 4) is 11.5 Å². The molecule has 0 atom stereocenters. The Morgan fingerprint density at radius 2 is 2.04 bits per heavy atom. The highest BCUT2D eigenvalue weighted by Gasteiger charge is 2.14. The van der Waals surface area contributed by atoms with E-state index in [1.165, 1.54) is 32.1 Å². The third-order valence-electron chi connectivity index (χ3n) is 4.03. The average molecular weight is 319 g/mol.